The maximum atomic E-state index is 12.9. The number of nitro groups is 2. The highest BCUT2D eigenvalue weighted by atomic mass is 32.2. The van der Waals surface area contributed by atoms with Crippen LogP contribution in [0.3, 0.4) is 0 Å². The zero-order chi connectivity index (χ0) is 26.9. The van der Waals surface area contributed by atoms with Crippen LogP contribution in [0.4, 0.5) is 11.4 Å². The van der Waals surface area contributed by atoms with Crippen molar-refractivity contribution in [1.29, 1.82) is 0 Å². The Morgan fingerprint density at radius 1 is 0.806 bits per heavy atom. The minimum Gasteiger partial charge on any atom is -0.258 e. The summed E-state index contributed by atoms with van der Waals surface area (Å²) in [4.78, 5) is 20.2. The highest BCUT2D eigenvalue weighted by molar-refractivity contribution is 7.89. The normalized spacial score (nSPS) is 22.1. The van der Waals surface area contributed by atoms with E-state index in [2.05, 4.69) is 9.44 Å². The molecule has 1 saturated carbocycles. The number of nitrogens with one attached hydrogen (secondary N) is 2. The maximum Gasteiger partial charge on any atom is 0.269 e. The first kappa shape index (κ1) is 27.6. The molecule has 1 aliphatic carbocycles. The monoisotopic (exact) mass is 540 g/mol. The van der Waals surface area contributed by atoms with E-state index < -0.39 is 41.4 Å². The first-order valence-corrected chi connectivity index (χ1v) is 14.0. The number of sulfonamides is 2. The van der Waals surface area contributed by atoms with Crippen LogP contribution in [0.2, 0.25) is 0 Å². The summed E-state index contributed by atoms with van der Waals surface area (Å²) in [6.45, 7) is 5.86. The van der Waals surface area contributed by atoms with Crippen molar-refractivity contribution in [3.05, 3.63) is 68.8 Å². The Hall–Kier alpha value is -2.94. The SMILES string of the molecule is CC1(C)CC(NS(=O)(=O)c2ccc([N+](=O)[O-])cc2)CC(C)(CNS(=O)(=O)c2ccc([N+](=O)[O-])cc2)C1. The number of benzene rings is 2. The van der Waals surface area contributed by atoms with E-state index in [0.29, 0.717) is 19.3 Å². The second-order valence-corrected chi connectivity index (χ2v) is 13.7. The zero-order valence-corrected chi connectivity index (χ0v) is 21.6. The molecule has 2 aromatic carbocycles. The summed E-state index contributed by atoms with van der Waals surface area (Å²) >= 11 is 0. The molecule has 0 bridgehead atoms. The van der Waals surface area contributed by atoms with Gasteiger partial charge in [-0.3, -0.25) is 20.2 Å². The summed E-state index contributed by atoms with van der Waals surface area (Å²) in [6, 6.07) is 8.64. The summed E-state index contributed by atoms with van der Waals surface area (Å²) < 4.78 is 56.7. The van der Waals surface area contributed by atoms with E-state index in [1.807, 2.05) is 20.8 Å². The Balaban J connectivity index is 1.74. The molecular formula is C22H28N4O8S2. The molecule has 0 heterocycles. The third-order valence-electron chi connectivity index (χ3n) is 6.17. The molecule has 2 unspecified atom stereocenters. The van der Waals surface area contributed by atoms with E-state index in [0.717, 1.165) is 36.4 Å². The van der Waals surface area contributed by atoms with Crippen LogP contribution in [-0.4, -0.2) is 39.3 Å². The minimum absolute atomic E-state index is 0.0332. The highest BCUT2D eigenvalue weighted by Crippen LogP contribution is 2.46. The van der Waals surface area contributed by atoms with Crippen LogP contribution in [0.5, 0.6) is 0 Å². The van der Waals surface area contributed by atoms with Crippen molar-refractivity contribution in [2.24, 2.45) is 10.8 Å². The number of hydrogen-bond acceptors (Lipinski definition) is 8. The summed E-state index contributed by atoms with van der Waals surface area (Å²) in [5.74, 6) is 0. The van der Waals surface area contributed by atoms with E-state index >= 15 is 0 Å². The highest BCUT2D eigenvalue weighted by Gasteiger charge is 2.43. The smallest absolute Gasteiger partial charge is 0.258 e. The van der Waals surface area contributed by atoms with Crippen LogP contribution in [0.15, 0.2) is 58.3 Å². The molecular weight excluding hydrogens is 512 g/mol. The Labute approximate surface area is 209 Å². The molecule has 1 aliphatic rings. The van der Waals surface area contributed by atoms with Crippen molar-refractivity contribution >= 4 is 31.4 Å². The molecule has 2 N–H and O–H groups in total. The van der Waals surface area contributed by atoms with Crippen LogP contribution in [-0.2, 0) is 20.0 Å². The van der Waals surface area contributed by atoms with Crippen molar-refractivity contribution in [2.75, 3.05) is 6.54 Å². The van der Waals surface area contributed by atoms with Gasteiger partial charge in [-0.1, -0.05) is 20.8 Å². The number of hydrogen-bond donors (Lipinski definition) is 2. The number of nitro benzene ring substituents is 2. The molecule has 14 heteroatoms. The van der Waals surface area contributed by atoms with Crippen LogP contribution in [0.1, 0.15) is 40.0 Å². The second-order valence-electron chi connectivity index (χ2n) is 10.2. The molecule has 2 atom stereocenters. The van der Waals surface area contributed by atoms with Gasteiger partial charge >= 0.3 is 0 Å². The lowest BCUT2D eigenvalue weighted by atomic mass is 9.63. The van der Waals surface area contributed by atoms with E-state index in [9.17, 15) is 37.1 Å². The van der Waals surface area contributed by atoms with Crippen LogP contribution >= 0.6 is 0 Å². The molecule has 3 rings (SSSR count). The molecule has 1 fully saturated rings. The molecule has 0 spiro atoms. The van der Waals surface area contributed by atoms with Crippen molar-refractivity contribution in [3.63, 3.8) is 0 Å². The molecule has 0 saturated heterocycles. The van der Waals surface area contributed by atoms with Crippen LogP contribution < -0.4 is 9.44 Å². The van der Waals surface area contributed by atoms with E-state index in [4.69, 9.17) is 0 Å². The third kappa shape index (κ3) is 6.63. The van der Waals surface area contributed by atoms with Gasteiger partial charge in [0.25, 0.3) is 11.4 Å². The Morgan fingerprint density at radius 3 is 1.69 bits per heavy atom. The van der Waals surface area contributed by atoms with Crippen molar-refractivity contribution < 1.29 is 26.7 Å². The first-order chi connectivity index (χ1) is 16.5. The fraction of sp³-hybridized carbons (Fsp3) is 0.455. The molecule has 0 radical (unpaired) electrons. The lowest BCUT2D eigenvalue weighted by Crippen LogP contribution is -2.50. The molecule has 0 aliphatic heterocycles. The van der Waals surface area contributed by atoms with Gasteiger partial charge in [0.15, 0.2) is 0 Å². The predicted octanol–water partition coefficient (Wildman–Crippen LogP) is 3.34. The van der Waals surface area contributed by atoms with Gasteiger partial charge in [-0.05, 0) is 54.4 Å². The summed E-state index contributed by atoms with van der Waals surface area (Å²) in [7, 11) is -7.92. The third-order valence-corrected chi connectivity index (χ3v) is 9.12. The number of rotatable bonds is 9. The van der Waals surface area contributed by atoms with Crippen molar-refractivity contribution in [2.45, 2.75) is 55.9 Å². The number of nitrogens with zero attached hydrogens (tertiary/aromatic N) is 2. The van der Waals surface area contributed by atoms with E-state index in [1.165, 1.54) is 12.1 Å². The Bertz CT molecular complexity index is 1360. The minimum atomic E-state index is -3.97. The quantitative estimate of drug-likeness (QED) is 0.359. The fourth-order valence-corrected chi connectivity index (χ4v) is 7.42. The lowest BCUT2D eigenvalue weighted by molar-refractivity contribution is -0.385. The van der Waals surface area contributed by atoms with Crippen LogP contribution in [0, 0.1) is 31.1 Å². The standard InChI is InChI=1S/C22H28N4O8S2/c1-21(2)12-16(24-36(33,34)20-10-6-18(7-11-20)26(29)30)13-22(3,14-21)15-23-35(31,32)19-8-4-17(5-9-19)25(27)28/h4-11,16,23-24H,12-15H2,1-3H3. The van der Waals surface area contributed by atoms with Gasteiger partial charge in [0.1, 0.15) is 0 Å². The van der Waals surface area contributed by atoms with Crippen molar-refractivity contribution in [3.8, 4) is 0 Å². The molecule has 12 nitrogen and oxygen atoms in total. The summed E-state index contributed by atoms with van der Waals surface area (Å²) in [6.07, 6.45) is 1.49. The molecule has 196 valence electrons. The van der Waals surface area contributed by atoms with Gasteiger partial charge in [0.2, 0.25) is 20.0 Å². The summed E-state index contributed by atoms with van der Waals surface area (Å²) in [5.41, 5.74) is -1.36. The average molecular weight is 541 g/mol. The number of non-ortho nitro benzene ring substituents is 2. The largest absolute Gasteiger partial charge is 0.269 e. The molecule has 36 heavy (non-hydrogen) atoms. The molecule has 0 aromatic heterocycles. The van der Waals surface area contributed by atoms with Gasteiger partial charge in [-0.15, -0.1) is 0 Å². The van der Waals surface area contributed by atoms with E-state index in [-0.39, 0.29) is 33.1 Å². The van der Waals surface area contributed by atoms with Crippen molar-refractivity contribution in [1.82, 2.24) is 9.44 Å². The first-order valence-electron chi connectivity index (χ1n) is 11.0. The molecule has 2 aromatic rings. The topological polar surface area (TPSA) is 179 Å². The maximum absolute atomic E-state index is 12.9. The van der Waals surface area contributed by atoms with Gasteiger partial charge in [0.05, 0.1) is 19.6 Å². The Morgan fingerprint density at radius 2 is 1.25 bits per heavy atom. The van der Waals surface area contributed by atoms with E-state index in [1.54, 1.807) is 0 Å². The summed E-state index contributed by atoms with van der Waals surface area (Å²) in [5, 5.41) is 21.7. The van der Waals surface area contributed by atoms with Crippen LogP contribution in [0.25, 0.3) is 0 Å². The van der Waals surface area contributed by atoms with Gasteiger partial charge in [-0.25, -0.2) is 26.3 Å². The fourth-order valence-electron chi connectivity index (χ4n) is 4.99. The lowest BCUT2D eigenvalue weighted by Gasteiger charge is -2.46. The molecule has 0 amide bonds. The van der Waals surface area contributed by atoms with Gasteiger partial charge < -0.3 is 0 Å². The van der Waals surface area contributed by atoms with Gasteiger partial charge in [0, 0.05) is 36.9 Å². The zero-order valence-electron chi connectivity index (χ0n) is 20.0. The van der Waals surface area contributed by atoms with Gasteiger partial charge in [-0.2, -0.15) is 0 Å². The average Bonchev–Trinajstić information content (AvgIpc) is 2.76. The Kier molecular flexibility index (Phi) is 7.56. The predicted molar refractivity (Wildman–Crippen MR) is 131 cm³/mol. The second kappa shape index (κ2) is 9.84.